The summed E-state index contributed by atoms with van der Waals surface area (Å²) in [7, 11) is -1.21. The quantitative estimate of drug-likeness (QED) is 0.902. The molecule has 0 saturated carbocycles. The fraction of sp³-hybridized carbons (Fsp3) is 0.125. The standard InChI is InChI=1S/C16H15NOS/c18-19(17-14-9-2-1-3-10-14)16-12-6-8-13-7-4-5-11-15(13)16/h1-4,6-10,12,17H,5,11H2. The monoisotopic (exact) mass is 269 g/mol. The van der Waals surface area contributed by atoms with Crippen LogP contribution in [0.5, 0.6) is 0 Å². The van der Waals surface area contributed by atoms with E-state index in [0.717, 1.165) is 23.4 Å². The Morgan fingerprint density at radius 3 is 2.68 bits per heavy atom. The van der Waals surface area contributed by atoms with E-state index in [2.05, 4.69) is 22.9 Å². The predicted octanol–water partition coefficient (Wildman–Crippen LogP) is 3.78. The Kier molecular flexibility index (Phi) is 3.47. The van der Waals surface area contributed by atoms with E-state index < -0.39 is 11.0 Å². The molecule has 19 heavy (non-hydrogen) atoms. The fourth-order valence-electron chi connectivity index (χ4n) is 2.29. The summed E-state index contributed by atoms with van der Waals surface area (Å²) in [5, 5.41) is 0. The largest absolute Gasteiger partial charge is 0.301 e. The van der Waals surface area contributed by atoms with Crippen LogP contribution in [0.25, 0.3) is 6.08 Å². The summed E-state index contributed by atoms with van der Waals surface area (Å²) in [6.07, 6.45) is 6.26. The molecule has 0 bridgehead atoms. The molecule has 0 fully saturated rings. The highest BCUT2D eigenvalue weighted by Gasteiger charge is 2.14. The summed E-state index contributed by atoms with van der Waals surface area (Å²) in [4.78, 5) is 0.894. The van der Waals surface area contributed by atoms with Crippen LogP contribution < -0.4 is 4.72 Å². The molecule has 0 radical (unpaired) electrons. The van der Waals surface area contributed by atoms with Crippen LogP contribution in [0, 0.1) is 0 Å². The summed E-state index contributed by atoms with van der Waals surface area (Å²) < 4.78 is 15.5. The number of para-hydroxylation sites is 1. The van der Waals surface area contributed by atoms with E-state index in [1.54, 1.807) is 0 Å². The third-order valence-electron chi connectivity index (χ3n) is 3.21. The lowest BCUT2D eigenvalue weighted by Crippen LogP contribution is -2.09. The summed E-state index contributed by atoms with van der Waals surface area (Å²) in [6.45, 7) is 0. The Morgan fingerprint density at radius 1 is 1.00 bits per heavy atom. The molecule has 1 aliphatic rings. The van der Waals surface area contributed by atoms with Crippen LogP contribution in [-0.2, 0) is 17.4 Å². The van der Waals surface area contributed by atoms with Gasteiger partial charge in [0.05, 0.1) is 4.90 Å². The lowest BCUT2D eigenvalue weighted by Gasteiger charge is -2.15. The number of allylic oxidation sites excluding steroid dienone is 1. The van der Waals surface area contributed by atoms with Gasteiger partial charge >= 0.3 is 0 Å². The molecule has 2 aromatic carbocycles. The zero-order chi connectivity index (χ0) is 13.1. The Morgan fingerprint density at radius 2 is 1.84 bits per heavy atom. The van der Waals surface area contributed by atoms with E-state index in [4.69, 9.17) is 0 Å². The number of hydrogen-bond acceptors (Lipinski definition) is 1. The van der Waals surface area contributed by atoms with Gasteiger partial charge in [-0.05, 0) is 42.2 Å². The molecule has 2 aromatic rings. The first kappa shape index (κ1) is 12.2. The maximum absolute atomic E-state index is 12.5. The number of fused-ring (bicyclic) bond motifs is 1. The van der Waals surface area contributed by atoms with Crippen LogP contribution >= 0.6 is 0 Å². The molecule has 2 nitrogen and oxygen atoms in total. The molecule has 3 rings (SSSR count). The van der Waals surface area contributed by atoms with Crippen molar-refractivity contribution in [2.45, 2.75) is 17.7 Å². The van der Waals surface area contributed by atoms with Gasteiger partial charge in [-0.15, -0.1) is 0 Å². The SMILES string of the molecule is O=S(Nc1ccccc1)c1cccc2c1CCC=C2. The minimum absolute atomic E-state index is 0.879. The maximum Gasteiger partial charge on any atom is 0.150 e. The first-order valence-electron chi connectivity index (χ1n) is 6.36. The Hall–Kier alpha value is -1.87. The Labute approximate surface area is 115 Å². The molecular formula is C16H15NOS. The molecule has 1 unspecified atom stereocenters. The first-order valence-corrected chi connectivity index (χ1v) is 7.51. The van der Waals surface area contributed by atoms with Gasteiger partial charge in [-0.1, -0.05) is 42.5 Å². The van der Waals surface area contributed by atoms with Crippen LogP contribution in [0.4, 0.5) is 5.69 Å². The van der Waals surface area contributed by atoms with Crippen molar-refractivity contribution in [2.75, 3.05) is 4.72 Å². The minimum Gasteiger partial charge on any atom is -0.301 e. The van der Waals surface area contributed by atoms with Crippen LogP contribution in [0.1, 0.15) is 17.5 Å². The minimum atomic E-state index is -1.21. The third-order valence-corrected chi connectivity index (χ3v) is 4.41. The maximum atomic E-state index is 12.5. The van der Waals surface area contributed by atoms with Gasteiger partial charge in [-0.25, -0.2) is 4.21 Å². The second-order valence-electron chi connectivity index (χ2n) is 4.50. The molecule has 0 saturated heterocycles. The molecule has 3 heteroatoms. The van der Waals surface area contributed by atoms with E-state index >= 15 is 0 Å². The fourth-order valence-corrected chi connectivity index (χ4v) is 3.39. The summed E-state index contributed by atoms with van der Waals surface area (Å²) in [5.74, 6) is 0. The van der Waals surface area contributed by atoms with Crippen molar-refractivity contribution in [1.82, 2.24) is 0 Å². The normalized spacial score (nSPS) is 14.7. The molecule has 1 atom stereocenters. The second-order valence-corrected chi connectivity index (χ2v) is 5.68. The van der Waals surface area contributed by atoms with E-state index in [9.17, 15) is 4.21 Å². The number of nitrogens with one attached hydrogen (secondary N) is 1. The Balaban J connectivity index is 1.90. The smallest absolute Gasteiger partial charge is 0.150 e. The van der Waals surface area contributed by atoms with Crippen molar-refractivity contribution in [1.29, 1.82) is 0 Å². The lowest BCUT2D eigenvalue weighted by atomic mass is 9.98. The molecular weight excluding hydrogens is 254 g/mol. The van der Waals surface area contributed by atoms with Gasteiger partial charge in [-0.3, -0.25) is 0 Å². The number of benzene rings is 2. The van der Waals surface area contributed by atoms with Crippen molar-refractivity contribution < 1.29 is 4.21 Å². The van der Waals surface area contributed by atoms with Gasteiger partial charge in [0.25, 0.3) is 0 Å². The van der Waals surface area contributed by atoms with Crippen molar-refractivity contribution in [2.24, 2.45) is 0 Å². The van der Waals surface area contributed by atoms with Crippen molar-refractivity contribution >= 4 is 22.7 Å². The van der Waals surface area contributed by atoms with Gasteiger partial charge < -0.3 is 4.72 Å². The van der Waals surface area contributed by atoms with E-state index in [0.29, 0.717) is 0 Å². The van der Waals surface area contributed by atoms with Gasteiger partial charge in [0.1, 0.15) is 0 Å². The Bertz CT molecular complexity index is 634. The van der Waals surface area contributed by atoms with E-state index in [1.807, 2.05) is 42.5 Å². The molecule has 1 aliphatic carbocycles. The first-order chi connectivity index (χ1) is 9.34. The topological polar surface area (TPSA) is 29.1 Å². The molecule has 96 valence electrons. The number of hydrogen-bond donors (Lipinski definition) is 1. The number of rotatable bonds is 3. The van der Waals surface area contributed by atoms with Gasteiger partial charge in [0, 0.05) is 5.69 Å². The molecule has 0 aromatic heterocycles. The average Bonchev–Trinajstić information content (AvgIpc) is 2.47. The zero-order valence-electron chi connectivity index (χ0n) is 10.5. The molecule has 0 spiro atoms. The molecule has 0 amide bonds. The van der Waals surface area contributed by atoms with E-state index in [-0.39, 0.29) is 0 Å². The van der Waals surface area contributed by atoms with Gasteiger partial charge in [0.15, 0.2) is 11.0 Å². The molecule has 0 heterocycles. The highest BCUT2D eigenvalue weighted by Crippen LogP contribution is 2.25. The van der Waals surface area contributed by atoms with Gasteiger partial charge in [-0.2, -0.15) is 0 Å². The van der Waals surface area contributed by atoms with Crippen molar-refractivity contribution in [3.05, 3.63) is 65.7 Å². The lowest BCUT2D eigenvalue weighted by molar-refractivity contribution is 0.685. The molecule has 1 N–H and O–H groups in total. The second kappa shape index (κ2) is 5.41. The number of anilines is 1. The average molecular weight is 269 g/mol. The van der Waals surface area contributed by atoms with Crippen LogP contribution in [0.15, 0.2) is 59.5 Å². The van der Waals surface area contributed by atoms with Crippen molar-refractivity contribution in [3.63, 3.8) is 0 Å². The summed E-state index contributed by atoms with van der Waals surface area (Å²) in [5.41, 5.74) is 3.27. The van der Waals surface area contributed by atoms with Crippen LogP contribution in [-0.4, -0.2) is 4.21 Å². The summed E-state index contributed by atoms with van der Waals surface area (Å²) >= 11 is 0. The zero-order valence-corrected chi connectivity index (χ0v) is 11.3. The van der Waals surface area contributed by atoms with Crippen LogP contribution in [0.3, 0.4) is 0 Å². The third kappa shape index (κ3) is 2.61. The molecule has 0 aliphatic heterocycles. The highest BCUT2D eigenvalue weighted by molar-refractivity contribution is 7.86. The highest BCUT2D eigenvalue weighted by atomic mass is 32.2. The van der Waals surface area contributed by atoms with Crippen LogP contribution in [0.2, 0.25) is 0 Å². The van der Waals surface area contributed by atoms with Gasteiger partial charge in [0.2, 0.25) is 0 Å². The van der Waals surface area contributed by atoms with E-state index in [1.165, 1.54) is 11.1 Å². The summed E-state index contributed by atoms with van der Waals surface area (Å²) in [6, 6.07) is 15.7. The van der Waals surface area contributed by atoms with Crippen molar-refractivity contribution in [3.8, 4) is 0 Å². The predicted molar refractivity (Wildman–Crippen MR) is 80.3 cm³/mol.